The van der Waals surface area contributed by atoms with E-state index >= 15 is 0 Å². The zero-order valence-corrected chi connectivity index (χ0v) is 22.0. The number of amides is 3. The number of aromatic nitrogens is 1. The second-order valence-electron chi connectivity index (χ2n) is 8.81. The number of ketones is 1. The smallest absolute Gasteiger partial charge is 0.245 e. The lowest BCUT2D eigenvalue weighted by molar-refractivity contribution is -0.135. The molecule has 1 aromatic rings. The van der Waals surface area contributed by atoms with E-state index in [1.165, 1.54) is 14.2 Å². The maximum Gasteiger partial charge on any atom is 0.245 e. The summed E-state index contributed by atoms with van der Waals surface area (Å²) in [6.07, 6.45) is 0.490. The Morgan fingerprint density at radius 1 is 0.972 bits per heavy atom. The third kappa shape index (κ3) is 11.7. The summed E-state index contributed by atoms with van der Waals surface area (Å²) in [6.45, 7) is 7.96. The second-order valence-corrected chi connectivity index (χ2v) is 8.81. The van der Waals surface area contributed by atoms with Crippen molar-refractivity contribution in [2.45, 2.75) is 65.1 Å². The first-order valence-corrected chi connectivity index (χ1v) is 12.0. The first-order chi connectivity index (χ1) is 17.1. The summed E-state index contributed by atoms with van der Waals surface area (Å²) in [5, 5.41) is 11.6. The number of ether oxygens (including phenoxy) is 3. The van der Waals surface area contributed by atoms with Crippen LogP contribution in [-0.4, -0.2) is 87.4 Å². The minimum Gasteiger partial charge on any atom is -0.382 e. The molecular formula is C24H40N4O8. The predicted molar refractivity (Wildman–Crippen MR) is 130 cm³/mol. The fourth-order valence-electron chi connectivity index (χ4n) is 3.38. The van der Waals surface area contributed by atoms with Gasteiger partial charge in [0.2, 0.25) is 17.7 Å². The Hall–Kier alpha value is -2.83. The highest BCUT2D eigenvalue weighted by atomic mass is 16.5. The Labute approximate surface area is 212 Å². The number of hydrogen-bond acceptors (Lipinski definition) is 9. The molecule has 0 bridgehead atoms. The summed E-state index contributed by atoms with van der Waals surface area (Å²) < 4.78 is 20.5. The Bertz CT molecular complexity index is 842. The molecule has 0 aliphatic heterocycles. The Morgan fingerprint density at radius 3 is 2.06 bits per heavy atom. The molecule has 3 N–H and O–H groups in total. The molecule has 2 unspecified atom stereocenters. The van der Waals surface area contributed by atoms with Gasteiger partial charge in [-0.2, -0.15) is 0 Å². The van der Waals surface area contributed by atoms with Gasteiger partial charge in [-0.05, 0) is 26.2 Å². The lowest BCUT2D eigenvalue weighted by Crippen LogP contribution is -2.58. The molecule has 3 atom stereocenters. The SMILES string of the molecule is CCOCCC(=O)C(CC(C)C)NC(=O)[C@H](COC)NC(=O)C(COC)NC(=O)Cc1cc(C)no1. The monoisotopic (exact) mass is 512 g/mol. The maximum atomic E-state index is 13.0. The number of rotatable bonds is 18. The number of carbonyl (C=O) groups is 4. The summed E-state index contributed by atoms with van der Waals surface area (Å²) in [6, 6.07) is -1.27. The van der Waals surface area contributed by atoms with Gasteiger partial charge in [0.15, 0.2) is 5.78 Å². The van der Waals surface area contributed by atoms with Crippen molar-refractivity contribution in [2.24, 2.45) is 5.92 Å². The van der Waals surface area contributed by atoms with E-state index < -0.39 is 35.8 Å². The van der Waals surface area contributed by atoms with Gasteiger partial charge in [-0.1, -0.05) is 19.0 Å². The van der Waals surface area contributed by atoms with Gasteiger partial charge in [0.1, 0.15) is 17.8 Å². The van der Waals surface area contributed by atoms with Gasteiger partial charge in [0.25, 0.3) is 0 Å². The second kappa shape index (κ2) is 16.8. The number of nitrogens with one attached hydrogen (secondary N) is 3. The first kappa shape index (κ1) is 31.2. The number of hydrogen-bond donors (Lipinski definition) is 3. The van der Waals surface area contributed by atoms with E-state index in [1.54, 1.807) is 13.0 Å². The van der Waals surface area contributed by atoms with Crippen molar-refractivity contribution in [1.82, 2.24) is 21.1 Å². The number of carbonyl (C=O) groups excluding carboxylic acids is 4. The molecule has 0 radical (unpaired) electrons. The van der Waals surface area contributed by atoms with E-state index in [0.717, 1.165) is 0 Å². The Morgan fingerprint density at radius 2 is 1.56 bits per heavy atom. The van der Waals surface area contributed by atoms with Gasteiger partial charge in [-0.3, -0.25) is 19.2 Å². The van der Waals surface area contributed by atoms with Crippen LogP contribution in [0.1, 0.15) is 45.1 Å². The van der Waals surface area contributed by atoms with Crippen molar-refractivity contribution < 1.29 is 37.9 Å². The van der Waals surface area contributed by atoms with Crippen molar-refractivity contribution in [3.63, 3.8) is 0 Å². The van der Waals surface area contributed by atoms with Crippen LogP contribution in [0.15, 0.2) is 10.6 Å². The molecule has 1 aromatic heterocycles. The van der Waals surface area contributed by atoms with Crippen molar-refractivity contribution in [3.05, 3.63) is 17.5 Å². The van der Waals surface area contributed by atoms with Crippen molar-refractivity contribution in [2.75, 3.05) is 40.6 Å². The van der Waals surface area contributed by atoms with Crippen molar-refractivity contribution in [3.8, 4) is 0 Å². The zero-order chi connectivity index (χ0) is 27.1. The predicted octanol–water partition coefficient (Wildman–Crippen LogP) is 0.315. The molecule has 12 heteroatoms. The van der Waals surface area contributed by atoms with Crippen LogP contribution in [0.4, 0.5) is 0 Å². The molecule has 204 valence electrons. The molecule has 1 heterocycles. The quantitative estimate of drug-likeness (QED) is 0.235. The van der Waals surface area contributed by atoms with Crippen LogP contribution in [0.2, 0.25) is 0 Å². The Kier molecular flexibility index (Phi) is 14.5. The molecule has 0 spiro atoms. The van der Waals surface area contributed by atoms with Crippen LogP contribution in [0.25, 0.3) is 0 Å². The van der Waals surface area contributed by atoms with E-state index in [0.29, 0.717) is 24.5 Å². The van der Waals surface area contributed by atoms with Crippen molar-refractivity contribution in [1.29, 1.82) is 0 Å². The number of nitrogens with zero attached hydrogens (tertiary/aromatic N) is 1. The standard InChI is InChI=1S/C24H40N4O8/c1-7-35-9-8-21(29)18(10-15(2)3)26-24(32)20(14-34-6)27-23(31)19(13-33-5)25-22(30)12-17-11-16(4)28-36-17/h11,15,18-20H,7-10,12-14H2,1-6H3,(H,25,30)(H,26,32)(H,27,31)/t18?,19?,20-/m0/s1. The van der Waals surface area contributed by atoms with Crippen LogP contribution < -0.4 is 16.0 Å². The van der Waals surface area contributed by atoms with Gasteiger partial charge in [0.05, 0.1) is 38.0 Å². The molecule has 36 heavy (non-hydrogen) atoms. The Balaban J connectivity index is 2.84. The van der Waals surface area contributed by atoms with Crippen LogP contribution in [0, 0.1) is 12.8 Å². The van der Waals surface area contributed by atoms with E-state index in [1.807, 2.05) is 20.8 Å². The molecule has 0 saturated carbocycles. The lowest BCUT2D eigenvalue weighted by Gasteiger charge is -2.25. The van der Waals surface area contributed by atoms with Crippen LogP contribution >= 0.6 is 0 Å². The van der Waals surface area contributed by atoms with E-state index in [9.17, 15) is 19.2 Å². The molecule has 1 rings (SSSR count). The zero-order valence-electron chi connectivity index (χ0n) is 22.0. The first-order valence-electron chi connectivity index (χ1n) is 12.0. The summed E-state index contributed by atoms with van der Waals surface area (Å²) in [5.41, 5.74) is 0.629. The third-order valence-corrected chi connectivity index (χ3v) is 5.07. The highest BCUT2D eigenvalue weighted by Gasteiger charge is 2.30. The minimum absolute atomic E-state index is 0.114. The topological polar surface area (TPSA) is 158 Å². The molecule has 0 aromatic carbocycles. The largest absolute Gasteiger partial charge is 0.382 e. The minimum atomic E-state index is -1.09. The van der Waals surface area contributed by atoms with E-state index in [4.69, 9.17) is 18.7 Å². The van der Waals surface area contributed by atoms with Gasteiger partial charge in [-0.15, -0.1) is 0 Å². The fourth-order valence-corrected chi connectivity index (χ4v) is 3.38. The van der Waals surface area contributed by atoms with Crippen LogP contribution in [0.3, 0.4) is 0 Å². The molecule has 12 nitrogen and oxygen atoms in total. The third-order valence-electron chi connectivity index (χ3n) is 5.07. The summed E-state index contributed by atoms with van der Waals surface area (Å²) in [7, 11) is 2.77. The van der Waals surface area contributed by atoms with Gasteiger partial charge in [-0.25, -0.2) is 0 Å². The summed E-state index contributed by atoms with van der Waals surface area (Å²) >= 11 is 0. The number of aryl methyl sites for hydroxylation is 1. The lowest BCUT2D eigenvalue weighted by atomic mass is 9.98. The molecule has 0 saturated heterocycles. The average molecular weight is 513 g/mol. The highest BCUT2D eigenvalue weighted by molar-refractivity contribution is 5.95. The maximum absolute atomic E-state index is 13.0. The molecular weight excluding hydrogens is 472 g/mol. The molecule has 0 aliphatic rings. The molecule has 3 amide bonds. The molecule has 0 fully saturated rings. The normalized spacial score (nSPS) is 13.6. The van der Waals surface area contributed by atoms with Crippen LogP contribution in [-0.2, 0) is 39.8 Å². The van der Waals surface area contributed by atoms with Gasteiger partial charge < -0.3 is 34.7 Å². The summed E-state index contributed by atoms with van der Waals surface area (Å²) in [5.74, 6) is -1.34. The highest BCUT2D eigenvalue weighted by Crippen LogP contribution is 2.09. The van der Waals surface area contributed by atoms with Crippen LogP contribution in [0.5, 0.6) is 0 Å². The number of Topliss-reactive ketones (excluding diaryl/α,β-unsaturated/α-hetero) is 1. The average Bonchev–Trinajstić information content (AvgIpc) is 3.21. The van der Waals surface area contributed by atoms with Crippen molar-refractivity contribution >= 4 is 23.5 Å². The fraction of sp³-hybridized carbons (Fsp3) is 0.708. The van der Waals surface area contributed by atoms with Gasteiger partial charge in [0, 0.05) is 33.3 Å². The van der Waals surface area contributed by atoms with Gasteiger partial charge >= 0.3 is 0 Å². The number of methoxy groups -OCH3 is 2. The van der Waals surface area contributed by atoms with E-state index in [-0.39, 0.29) is 44.4 Å². The summed E-state index contributed by atoms with van der Waals surface area (Å²) in [4.78, 5) is 51.0. The van der Waals surface area contributed by atoms with E-state index in [2.05, 4.69) is 21.1 Å². The molecule has 0 aliphatic carbocycles.